The summed E-state index contributed by atoms with van der Waals surface area (Å²) in [7, 11) is 3.83. The molecule has 0 aliphatic heterocycles. The lowest BCUT2D eigenvalue weighted by Crippen LogP contribution is -2.21. The first-order chi connectivity index (χ1) is 7.00. The van der Waals surface area contributed by atoms with Gasteiger partial charge in [0.05, 0.1) is 10.2 Å². The molecular formula is C10H13BrF2N2. The third-order valence-electron chi connectivity index (χ3n) is 1.88. The van der Waals surface area contributed by atoms with Crippen molar-refractivity contribution in [1.82, 2.24) is 4.90 Å². The number of nitrogens with one attached hydrogen (secondary N) is 1. The lowest BCUT2D eigenvalue weighted by atomic mass is 10.3. The van der Waals surface area contributed by atoms with Crippen LogP contribution in [0.3, 0.4) is 0 Å². The summed E-state index contributed by atoms with van der Waals surface area (Å²) in [4.78, 5) is 1.96. The molecule has 15 heavy (non-hydrogen) atoms. The van der Waals surface area contributed by atoms with Crippen molar-refractivity contribution in [2.75, 3.05) is 32.5 Å². The molecule has 0 aliphatic carbocycles. The van der Waals surface area contributed by atoms with Crippen molar-refractivity contribution in [3.8, 4) is 0 Å². The molecule has 1 aromatic rings. The SMILES string of the molecule is CN(C)CCNc1cc(F)c(Br)cc1F. The summed E-state index contributed by atoms with van der Waals surface area (Å²) in [6.45, 7) is 1.34. The van der Waals surface area contributed by atoms with Gasteiger partial charge >= 0.3 is 0 Å². The minimum atomic E-state index is -0.469. The van der Waals surface area contributed by atoms with Gasteiger partial charge in [0.1, 0.15) is 11.6 Å². The van der Waals surface area contributed by atoms with Crippen molar-refractivity contribution in [2.45, 2.75) is 0 Å². The first-order valence-electron chi connectivity index (χ1n) is 4.54. The molecule has 1 N–H and O–H groups in total. The van der Waals surface area contributed by atoms with E-state index in [2.05, 4.69) is 21.2 Å². The number of halogens is 3. The largest absolute Gasteiger partial charge is 0.381 e. The van der Waals surface area contributed by atoms with Gasteiger partial charge in [-0.1, -0.05) is 0 Å². The van der Waals surface area contributed by atoms with Crippen LogP contribution in [-0.2, 0) is 0 Å². The monoisotopic (exact) mass is 278 g/mol. The maximum Gasteiger partial charge on any atom is 0.147 e. The first-order valence-corrected chi connectivity index (χ1v) is 5.33. The highest BCUT2D eigenvalue weighted by atomic mass is 79.9. The Morgan fingerprint density at radius 2 is 1.93 bits per heavy atom. The van der Waals surface area contributed by atoms with Gasteiger partial charge in [-0.3, -0.25) is 0 Å². The van der Waals surface area contributed by atoms with Crippen LogP contribution in [0.5, 0.6) is 0 Å². The van der Waals surface area contributed by atoms with Crippen molar-refractivity contribution in [3.63, 3.8) is 0 Å². The molecule has 0 aromatic heterocycles. The third-order valence-corrected chi connectivity index (χ3v) is 2.49. The molecule has 0 spiro atoms. The average molecular weight is 279 g/mol. The van der Waals surface area contributed by atoms with Crippen molar-refractivity contribution in [1.29, 1.82) is 0 Å². The fraction of sp³-hybridized carbons (Fsp3) is 0.400. The molecule has 0 amide bonds. The predicted octanol–water partition coefficient (Wildman–Crippen LogP) is 2.70. The number of hydrogen-bond donors (Lipinski definition) is 1. The molecule has 0 saturated carbocycles. The first kappa shape index (κ1) is 12.4. The number of anilines is 1. The summed E-state index contributed by atoms with van der Waals surface area (Å²) >= 11 is 2.92. The molecule has 1 aromatic carbocycles. The van der Waals surface area contributed by atoms with E-state index in [0.29, 0.717) is 6.54 Å². The van der Waals surface area contributed by atoms with E-state index in [1.54, 1.807) is 0 Å². The zero-order chi connectivity index (χ0) is 11.4. The van der Waals surface area contributed by atoms with Crippen LogP contribution in [0, 0.1) is 11.6 Å². The summed E-state index contributed by atoms with van der Waals surface area (Å²) in [5.74, 6) is -0.925. The summed E-state index contributed by atoms with van der Waals surface area (Å²) < 4.78 is 26.5. The Morgan fingerprint density at radius 3 is 2.53 bits per heavy atom. The molecule has 0 radical (unpaired) electrons. The zero-order valence-corrected chi connectivity index (χ0v) is 10.2. The molecule has 2 nitrogen and oxygen atoms in total. The standard InChI is InChI=1S/C10H13BrF2N2/c1-15(2)4-3-14-10-6-8(12)7(11)5-9(10)13/h5-6,14H,3-4H2,1-2H3. The lowest BCUT2D eigenvalue weighted by Gasteiger charge is -2.12. The van der Waals surface area contributed by atoms with Crippen LogP contribution in [0.4, 0.5) is 14.5 Å². The van der Waals surface area contributed by atoms with Crippen molar-refractivity contribution < 1.29 is 8.78 Å². The third kappa shape index (κ3) is 3.76. The van der Waals surface area contributed by atoms with Crippen LogP contribution in [0.1, 0.15) is 0 Å². The molecule has 84 valence electrons. The van der Waals surface area contributed by atoms with Crippen molar-refractivity contribution in [2.24, 2.45) is 0 Å². The highest BCUT2D eigenvalue weighted by molar-refractivity contribution is 9.10. The van der Waals surface area contributed by atoms with Gasteiger partial charge in [-0.25, -0.2) is 8.78 Å². The molecule has 1 rings (SSSR count). The quantitative estimate of drug-likeness (QED) is 0.852. The number of rotatable bonds is 4. The van der Waals surface area contributed by atoms with E-state index in [0.717, 1.165) is 18.7 Å². The Morgan fingerprint density at radius 1 is 1.27 bits per heavy atom. The van der Waals surface area contributed by atoms with Crippen LogP contribution in [0.2, 0.25) is 0 Å². The van der Waals surface area contributed by atoms with Crippen LogP contribution < -0.4 is 5.32 Å². The van der Waals surface area contributed by atoms with Gasteiger partial charge in [0.25, 0.3) is 0 Å². The van der Waals surface area contributed by atoms with Gasteiger partial charge in [0, 0.05) is 19.2 Å². The molecule has 0 atom stereocenters. The smallest absolute Gasteiger partial charge is 0.147 e. The van der Waals surface area contributed by atoms with E-state index >= 15 is 0 Å². The van der Waals surface area contributed by atoms with Crippen molar-refractivity contribution in [3.05, 3.63) is 28.2 Å². The second-order valence-corrected chi connectivity index (χ2v) is 4.33. The zero-order valence-electron chi connectivity index (χ0n) is 8.65. The number of benzene rings is 1. The second-order valence-electron chi connectivity index (χ2n) is 3.48. The normalized spacial score (nSPS) is 10.8. The molecule has 0 bridgehead atoms. The fourth-order valence-electron chi connectivity index (χ4n) is 1.07. The Balaban J connectivity index is 2.65. The molecule has 0 unspecified atom stereocenters. The van der Waals surface area contributed by atoms with Gasteiger partial charge in [-0.2, -0.15) is 0 Å². The Hall–Kier alpha value is -0.680. The predicted molar refractivity (Wildman–Crippen MR) is 61.1 cm³/mol. The molecular weight excluding hydrogens is 266 g/mol. The van der Waals surface area contributed by atoms with E-state index in [1.165, 1.54) is 0 Å². The Labute approximate surface area is 96.4 Å². The second kappa shape index (κ2) is 5.42. The van der Waals surface area contributed by atoms with Crippen LogP contribution in [0.25, 0.3) is 0 Å². The van der Waals surface area contributed by atoms with Gasteiger partial charge in [0.15, 0.2) is 0 Å². The average Bonchev–Trinajstić information content (AvgIpc) is 2.13. The molecule has 0 fully saturated rings. The lowest BCUT2D eigenvalue weighted by molar-refractivity contribution is 0.425. The van der Waals surface area contributed by atoms with E-state index in [9.17, 15) is 8.78 Å². The van der Waals surface area contributed by atoms with Crippen molar-refractivity contribution >= 4 is 21.6 Å². The van der Waals surface area contributed by atoms with Crippen LogP contribution in [-0.4, -0.2) is 32.1 Å². The molecule has 0 heterocycles. The minimum absolute atomic E-state index is 0.137. The summed E-state index contributed by atoms with van der Waals surface area (Å²) in [6.07, 6.45) is 0. The topological polar surface area (TPSA) is 15.3 Å². The fourth-order valence-corrected chi connectivity index (χ4v) is 1.39. The highest BCUT2D eigenvalue weighted by Crippen LogP contribution is 2.22. The van der Waals surface area contributed by atoms with Crippen LogP contribution in [0.15, 0.2) is 16.6 Å². The van der Waals surface area contributed by atoms with E-state index in [-0.39, 0.29) is 10.2 Å². The Bertz CT molecular complexity index is 342. The van der Waals surface area contributed by atoms with Gasteiger partial charge in [-0.15, -0.1) is 0 Å². The molecule has 0 aliphatic rings. The Kier molecular flexibility index (Phi) is 4.47. The number of hydrogen-bond acceptors (Lipinski definition) is 2. The summed E-state index contributed by atoms with van der Waals surface area (Å²) in [6, 6.07) is 2.27. The number of likely N-dealkylation sites (N-methyl/N-ethyl adjacent to an activating group) is 1. The van der Waals surface area contributed by atoms with E-state index in [4.69, 9.17) is 0 Å². The summed E-state index contributed by atoms with van der Waals surface area (Å²) in [5, 5.41) is 2.83. The van der Waals surface area contributed by atoms with Gasteiger partial charge < -0.3 is 10.2 Å². The maximum absolute atomic E-state index is 13.3. The molecule has 5 heteroatoms. The van der Waals surface area contributed by atoms with Crippen LogP contribution >= 0.6 is 15.9 Å². The van der Waals surface area contributed by atoms with Gasteiger partial charge in [-0.05, 0) is 36.1 Å². The van der Waals surface area contributed by atoms with E-state index in [1.807, 2.05) is 19.0 Å². The van der Waals surface area contributed by atoms with E-state index < -0.39 is 11.6 Å². The highest BCUT2D eigenvalue weighted by Gasteiger charge is 2.07. The maximum atomic E-state index is 13.3. The summed E-state index contributed by atoms with van der Waals surface area (Å²) in [5.41, 5.74) is 0.192. The molecule has 0 saturated heterocycles. The minimum Gasteiger partial charge on any atom is -0.381 e. The number of nitrogens with zero attached hydrogens (tertiary/aromatic N) is 1. The van der Waals surface area contributed by atoms with Gasteiger partial charge in [0.2, 0.25) is 0 Å².